The minimum Gasteiger partial charge on any atom is -0.355 e. The Morgan fingerprint density at radius 1 is 1.38 bits per heavy atom. The number of rotatable bonds is 0. The van der Waals surface area contributed by atoms with Crippen LogP contribution in [0.3, 0.4) is 0 Å². The topological polar surface area (TPSA) is 41.8 Å². The van der Waals surface area contributed by atoms with E-state index >= 15 is 0 Å². The number of hydrogen-bond acceptors (Lipinski definition) is 3. The molecule has 0 aliphatic carbocycles. The molecule has 0 saturated carbocycles. The molecule has 0 fully saturated rings. The van der Waals surface area contributed by atoms with Gasteiger partial charge in [0.1, 0.15) is 0 Å². The van der Waals surface area contributed by atoms with Crippen molar-refractivity contribution in [3.63, 3.8) is 0 Å². The molecule has 0 aromatic heterocycles. The zero-order valence-corrected chi connectivity index (χ0v) is 7.61. The SMILES string of the molecule is CC1=NOC(C)(O)c2ccccc21. The molecule has 0 bridgehead atoms. The quantitative estimate of drug-likeness (QED) is 0.654. The second-order valence-corrected chi connectivity index (χ2v) is 3.30. The van der Waals surface area contributed by atoms with Crippen LogP contribution in [0.4, 0.5) is 0 Å². The standard InChI is InChI=1S/C10H11NO2/c1-7-8-5-3-4-6-9(8)10(2,12)13-11-7/h3-6,12H,1-2H3. The van der Waals surface area contributed by atoms with Crippen LogP contribution in [0.25, 0.3) is 0 Å². The zero-order chi connectivity index (χ0) is 9.47. The van der Waals surface area contributed by atoms with Crippen molar-refractivity contribution in [1.29, 1.82) is 0 Å². The van der Waals surface area contributed by atoms with Gasteiger partial charge < -0.3 is 9.94 Å². The molecule has 1 atom stereocenters. The molecule has 1 N–H and O–H groups in total. The van der Waals surface area contributed by atoms with Gasteiger partial charge in [0.2, 0.25) is 0 Å². The number of oxime groups is 1. The van der Waals surface area contributed by atoms with Gasteiger partial charge >= 0.3 is 0 Å². The summed E-state index contributed by atoms with van der Waals surface area (Å²) in [5.41, 5.74) is 2.50. The van der Waals surface area contributed by atoms with Crippen molar-refractivity contribution in [3.05, 3.63) is 35.4 Å². The van der Waals surface area contributed by atoms with Crippen molar-refractivity contribution in [3.8, 4) is 0 Å². The molecule has 1 heterocycles. The summed E-state index contributed by atoms with van der Waals surface area (Å²) in [6.07, 6.45) is 0. The molecule has 1 aliphatic rings. The van der Waals surface area contributed by atoms with Crippen LogP contribution < -0.4 is 0 Å². The van der Waals surface area contributed by atoms with E-state index in [4.69, 9.17) is 4.84 Å². The number of aliphatic hydroxyl groups is 1. The average Bonchev–Trinajstić information content (AvgIpc) is 2.13. The highest BCUT2D eigenvalue weighted by Crippen LogP contribution is 2.29. The Morgan fingerprint density at radius 2 is 2.08 bits per heavy atom. The molecule has 0 saturated heterocycles. The fraction of sp³-hybridized carbons (Fsp3) is 0.300. The van der Waals surface area contributed by atoms with Crippen molar-refractivity contribution in [1.82, 2.24) is 0 Å². The monoisotopic (exact) mass is 177 g/mol. The molecule has 3 heteroatoms. The predicted octanol–water partition coefficient (Wildman–Crippen LogP) is 1.61. The lowest BCUT2D eigenvalue weighted by atomic mass is 9.97. The lowest BCUT2D eigenvalue weighted by molar-refractivity contribution is -0.201. The maximum Gasteiger partial charge on any atom is 0.258 e. The smallest absolute Gasteiger partial charge is 0.258 e. The Kier molecular flexibility index (Phi) is 1.63. The molecule has 0 spiro atoms. The number of fused-ring (bicyclic) bond motifs is 1. The zero-order valence-electron chi connectivity index (χ0n) is 7.61. The maximum atomic E-state index is 9.82. The molecule has 0 radical (unpaired) electrons. The Bertz CT molecular complexity index is 369. The first-order valence-corrected chi connectivity index (χ1v) is 4.16. The van der Waals surface area contributed by atoms with Crippen molar-refractivity contribution in [2.75, 3.05) is 0 Å². The highest BCUT2D eigenvalue weighted by atomic mass is 16.7. The van der Waals surface area contributed by atoms with Crippen LogP contribution in [-0.4, -0.2) is 10.8 Å². The van der Waals surface area contributed by atoms with Gasteiger partial charge in [-0.3, -0.25) is 0 Å². The molecule has 2 rings (SSSR count). The van der Waals surface area contributed by atoms with E-state index in [0.717, 1.165) is 16.8 Å². The van der Waals surface area contributed by atoms with Gasteiger partial charge in [-0.15, -0.1) is 0 Å². The molecule has 1 aliphatic heterocycles. The second kappa shape index (κ2) is 2.57. The van der Waals surface area contributed by atoms with Gasteiger partial charge in [-0.25, -0.2) is 0 Å². The van der Waals surface area contributed by atoms with E-state index in [1.165, 1.54) is 0 Å². The largest absolute Gasteiger partial charge is 0.355 e. The number of hydrogen-bond donors (Lipinski definition) is 1. The number of benzene rings is 1. The third kappa shape index (κ3) is 1.21. The van der Waals surface area contributed by atoms with Crippen LogP contribution in [0, 0.1) is 0 Å². The van der Waals surface area contributed by atoms with Crippen LogP contribution in [-0.2, 0) is 10.6 Å². The maximum absolute atomic E-state index is 9.82. The minimum absolute atomic E-state index is 0.766. The van der Waals surface area contributed by atoms with Crippen molar-refractivity contribution < 1.29 is 9.94 Å². The highest BCUT2D eigenvalue weighted by molar-refractivity contribution is 6.00. The van der Waals surface area contributed by atoms with Gasteiger partial charge in [0.25, 0.3) is 5.79 Å². The number of nitrogens with zero attached hydrogens (tertiary/aromatic N) is 1. The molecular formula is C10H11NO2. The van der Waals surface area contributed by atoms with Crippen LogP contribution in [0.2, 0.25) is 0 Å². The van der Waals surface area contributed by atoms with Crippen LogP contribution in [0.15, 0.2) is 29.4 Å². The Balaban J connectivity index is 2.64. The van der Waals surface area contributed by atoms with E-state index in [9.17, 15) is 5.11 Å². The molecule has 1 aromatic rings. The van der Waals surface area contributed by atoms with Gasteiger partial charge in [0.05, 0.1) is 5.71 Å². The molecule has 1 unspecified atom stereocenters. The van der Waals surface area contributed by atoms with Crippen LogP contribution in [0.5, 0.6) is 0 Å². The fourth-order valence-corrected chi connectivity index (χ4v) is 1.46. The van der Waals surface area contributed by atoms with Crippen molar-refractivity contribution in [2.45, 2.75) is 19.6 Å². The van der Waals surface area contributed by atoms with E-state index in [1.54, 1.807) is 6.92 Å². The first-order valence-electron chi connectivity index (χ1n) is 4.16. The van der Waals surface area contributed by atoms with E-state index in [2.05, 4.69) is 5.16 Å². The molecule has 0 amide bonds. The normalized spacial score (nSPS) is 25.9. The molecule has 1 aromatic carbocycles. The summed E-state index contributed by atoms with van der Waals surface area (Å²) in [4.78, 5) is 4.95. The summed E-state index contributed by atoms with van der Waals surface area (Å²) in [6.45, 7) is 3.44. The third-order valence-corrected chi connectivity index (χ3v) is 2.18. The van der Waals surface area contributed by atoms with Crippen LogP contribution >= 0.6 is 0 Å². The second-order valence-electron chi connectivity index (χ2n) is 3.30. The van der Waals surface area contributed by atoms with Gasteiger partial charge in [-0.05, 0) is 6.92 Å². The Morgan fingerprint density at radius 3 is 2.77 bits per heavy atom. The van der Waals surface area contributed by atoms with E-state index in [0.29, 0.717) is 0 Å². The van der Waals surface area contributed by atoms with Crippen molar-refractivity contribution >= 4 is 5.71 Å². The van der Waals surface area contributed by atoms with Gasteiger partial charge in [-0.2, -0.15) is 0 Å². The summed E-state index contributed by atoms with van der Waals surface area (Å²) in [5.74, 6) is -1.30. The fourth-order valence-electron chi connectivity index (χ4n) is 1.46. The third-order valence-electron chi connectivity index (χ3n) is 2.18. The molecule has 13 heavy (non-hydrogen) atoms. The predicted molar refractivity (Wildman–Crippen MR) is 49.3 cm³/mol. The van der Waals surface area contributed by atoms with Crippen molar-refractivity contribution in [2.24, 2.45) is 5.16 Å². The van der Waals surface area contributed by atoms with E-state index < -0.39 is 5.79 Å². The summed E-state index contributed by atoms with van der Waals surface area (Å²) >= 11 is 0. The summed E-state index contributed by atoms with van der Waals surface area (Å²) in [6, 6.07) is 7.55. The van der Waals surface area contributed by atoms with Gasteiger partial charge in [-0.1, -0.05) is 29.4 Å². The lowest BCUT2D eigenvalue weighted by Gasteiger charge is -2.27. The summed E-state index contributed by atoms with van der Waals surface area (Å²) < 4.78 is 0. The molecular weight excluding hydrogens is 166 g/mol. The summed E-state index contributed by atoms with van der Waals surface area (Å²) in [5, 5.41) is 13.6. The van der Waals surface area contributed by atoms with Gasteiger partial charge in [0.15, 0.2) is 0 Å². The first-order chi connectivity index (χ1) is 6.11. The van der Waals surface area contributed by atoms with Gasteiger partial charge in [0, 0.05) is 18.1 Å². The molecule has 3 nitrogen and oxygen atoms in total. The minimum atomic E-state index is -1.30. The van der Waals surface area contributed by atoms with E-state index in [1.807, 2.05) is 31.2 Å². The Hall–Kier alpha value is -1.35. The lowest BCUT2D eigenvalue weighted by Crippen LogP contribution is -2.29. The Labute approximate surface area is 76.6 Å². The average molecular weight is 177 g/mol. The molecule has 68 valence electrons. The first kappa shape index (κ1) is 8.26. The highest BCUT2D eigenvalue weighted by Gasteiger charge is 2.32. The summed E-state index contributed by atoms with van der Waals surface area (Å²) in [7, 11) is 0. The van der Waals surface area contributed by atoms with Crippen LogP contribution in [0.1, 0.15) is 25.0 Å². The van der Waals surface area contributed by atoms with E-state index in [-0.39, 0.29) is 0 Å².